The summed E-state index contributed by atoms with van der Waals surface area (Å²) in [5, 5.41) is 24.0. The van der Waals surface area contributed by atoms with E-state index >= 15 is 0 Å². The van der Waals surface area contributed by atoms with Gasteiger partial charge in [-0.05, 0) is 24.8 Å². The predicted octanol–water partition coefficient (Wildman–Crippen LogP) is 5.21. The molecule has 35 heavy (non-hydrogen) atoms. The monoisotopic (exact) mass is 501 g/mol. The van der Waals surface area contributed by atoms with Crippen LogP contribution < -0.4 is 5.32 Å². The molecule has 0 saturated carbocycles. The Kier molecular flexibility index (Phi) is 6.19. The highest BCUT2D eigenvalue weighted by atomic mass is 32.2. The van der Waals surface area contributed by atoms with Crippen LogP contribution in [-0.2, 0) is 9.53 Å². The van der Waals surface area contributed by atoms with E-state index in [1.165, 1.54) is 11.8 Å². The zero-order valence-corrected chi connectivity index (χ0v) is 20.5. The van der Waals surface area contributed by atoms with E-state index in [1.54, 1.807) is 13.8 Å². The molecule has 0 spiro atoms. The van der Waals surface area contributed by atoms with Crippen molar-refractivity contribution in [2.45, 2.75) is 25.4 Å². The summed E-state index contributed by atoms with van der Waals surface area (Å²) < 4.78 is 5.04. The standard InChI is InChI=1S/C25H19N5O3S2/c1-3-33-24(32)22-13(2)17(12-26)23(35-22)27-18(31)10-11-34-25-28-20-15-8-4-6-14-7-5-9-16(19(14)15)21(20)29-30-25/h4-9H,3,10-11H2,1-2H3,(H,27,31). The van der Waals surface area contributed by atoms with Gasteiger partial charge in [-0.25, -0.2) is 9.78 Å². The quantitative estimate of drug-likeness (QED) is 0.238. The number of benzene rings is 2. The third-order valence-electron chi connectivity index (χ3n) is 5.61. The number of amides is 1. The van der Waals surface area contributed by atoms with Crippen molar-refractivity contribution in [2.24, 2.45) is 0 Å². The maximum Gasteiger partial charge on any atom is 0.348 e. The maximum absolute atomic E-state index is 12.5. The number of esters is 1. The highest BCUT2D eigenvalue weighted by Crippen LogP contribution is 2.44. The summed E-state index contributed by atoms with van der Waals surface area (Å²) in [4.78, 5) is 29.7. The number of thiophene rings is 1. The van der Waals surface area contributed by atoms with Crippen LogP contribution in [0.3, 0.4) is 0 Å². The smallest absolute Gasteiger partial charge is 0.348 e. The number of nitriles is 1. The topological polar surface area (TPSA) is 118 Å². The first-order chi connectivity index (χ1) is 17.0. The van der Waals surface area contributed by atoms with Gasteiger partial charge in [0.15, 0.2) is 0 Å². The molecule has 0 unspecified atom stereocenters. The van der Waals surface area contributed by atoms with Gasteiger partial charge in [0, 0.05) is 28.7 Å². The normalized spacial score (nSPS) is 11.2. The van der Waals surface area contributed by atoms with Crippen LogP contribution in [0.15, 0.2) is 41.6 Å². The lowest BCUT2D eigenvalue weighted by molar-refractivity contribution is -0.115. The molecular formula is C25H19N5O3S2. The number of fused-ring (bicyclic) bond motifs is 3. The summed E-state index contributed by atoms with van der Waals surface area (Å²) >= 11 is 2.39. The molecule has 0 bridgehead atoms. The van der Waals surface area contributed by atoms with Gasteiger partial charge in [-0.1, -0.05) is 48.2 Å². The molecule has 8 nitrogen and oxygen atoms in total. The number of ether oxygens (including phenoxy) is 1. The number of thioether (sulfide) groups is 1. The second-order valence-corrected chi connectivity index (χ2v) is 9.82. The Morgan fingerprint density at radius 3 is 2.60 bits per heavy atom. The molecule has 2 aromatic carbocycles. The van der Waals surface area contributed by atoms with Gasteiger partial charge in [-0.2, -0.15) is 5.26 Å². The van der Waals surface area contributed by atoms with Crippen LogP contribution >= 0.6 is 23.1 Å². The van der Waals surface area contributed by atoms with Gasteiger partial charge >= 0.3 is 5.97 Å². The van der Waals surface area contributed by atoms with Crippen molar-refractivity contribution in [2.75, 3.05) is 17.7 Å². The Labute approximate surface area is 209 Å². The lowest BCUT2D eigenvalue weighted by Gasteiger charge is -2.04. The number of carbonyl (C=O) groups is 2. The SMILES string of the molecule is CCOC(=O)c1sc(NC(=O)CCSc2nnc3c(n2)-c2cccc4cccc-3c24)c(C#N)c1C. The molecule has 174 valence electrons. The molecule has 1 N–H and O–H groups in total. The van der Waals surface area contributed by atoms with Gasteiger partial charge in [-0.15, -0.1) is 21.5 Å². The highest BCUT2D eigenvalue weighted by molar-refractivity contribution is 7.99. The van der Waals surface area contributed by atoms with Gasteiger partial charge in [0.05, 0.1) is 12.2 Å². The number of carbonyl (C=O) groups excluding carboxylic acids is 2. The fourth-order valence-corrected chi connectivity index (χ4v) is 5.82. The van der Waals surface area contributed by atoms with Gasteiger partial charge < -0.3 is 10.1 Å². The number of rotatable bonds is 7. The fraction of sp³-hybridized carbons (Fsp3) is 0.200. The molecule has 0 radical (unpaired) electrons. The first-order valence-corrected chi connectivity index (χ1v) is 12.7. The summed E-state index contributed by atoms with van der Waals surface area (Å²) in [6.07, 6.45) is 0.178. The molecule has 5 rings (SSSR count). The van der Waals surface area contributed by atoms with Crippen molar-refractivity contribution in [3.8, 4) is 28.6 Å². The van der Waals surface area contributed by atoms with E-state index in [1.807, 2.05) is 24.3 Å². The zero-order valence-electron chi connectivity index (χ0n) is 18.9. The summed E-state index contributed by atoms with van der Waals surface area (Å²) in [6.45, 7) is 3.62. The highest BCUT2D eigenvalue weighted by Gasteiger charge is 2.25. The molecule has 1 aliphatic rings. The molecule has 10 heteroatoms. The van der Waals surface area contributed by atoms with Crippen molar-refractivity contribution in [1.82, 2.24) is 15.2 Å². The minimum Gasteiger partial charge on any atom is -0.462 e. The van der Waals surface area contributed by atoms with Crippen molar-refractivity contribution in [3.63, 3.8) is 0 Å². The molecule has 1 aliphatic carbocycles. The molecule has 0 atom stereocenters. The van der Waals surface area contributed by atoms with Crippen LogP contribution in [0.25, 0.3) is 33.3 Å². The summed E-state index contributed by atoms with van der Waals surface area (Å²) in [5.74, 6) is -0.334. The summed E-state index contributed by atoms with van der Waals surface area (Å²) in [5.41, 5.74) is 4.43. The Bertz CT molecular complexity index is 1540. The van der Waals surface area contributed by atoms with Crippen LogP contribution in [0.1, 0.15) is 34.1 Å². The minimum atomic E-state index is -0.498. The molecule has 2 heterocycles. The number of hydrogen-bond acceptors (Lipinski definition) is 9. The second-order valence-electron chi connectivity index (χ2n) is 7.74. The molecule has 1 amide bonds. The van der Waals surface area contributed by atoms with Crippen LogP contribution in [0.4, 0.5) is 5.00 Å². The van der Waals surface area contributed by atoms with Crippen molar-refractivity contribution in [3.05, 3.63) is 52.4 Å². The number of hydrogen-bond donors (Lipinski definition) is 1. The Balaban J connectivity index is 1.26. The molecule has 0 fully saturated rings. The number of aromatic nitrogens is 3. The van der Waals surface area contributed by atoms with Crippen molar-refractivity contribution < 1.29 is 14.3 Å². The van der Waals surface area contributed by atoms with Crippen LogP contribution in [0.2, 0.25) is 0 Å². The largest absolute Gasteiger partial charge is 0.462 e. The molecule has 2 aromatic heterocycles. The predicted molar refractivity (Wildman–Crippen MR) is 135 cm³/mol. The third kappa shape index (κ3) is 4.13. The lowest BCUT2D eigenvalue weighted by Crippen LogP contribution is -2.12. The molecular weight excluding hydrogens is 482 g/mol. The Morgan fingerprint density at radius 2 is 1.89 bits per heavy atom. The summed E-state index contributed by atoms with van der Waals surface area (Å²) in [6, 6.07) is 14.3. The average Bonchev–Trinajstić information content (AvgIpc) is 3.35. The number of anilines is 1. The van der Waals surface area contributed by atoms with E-state index in [0.29, 0.717) is 26.4 Å². The zero-order chi connectivity index (χ0) is 24.5. The van der Waals surface area contributed by atoms with Gasteiger partial charge in [0.1, 0.15) is 27.3 Å². The molecule has 0 aliphatic heterocycles. The Hall–Kier alpha value is -3.81. The van der Waals surface area contributed by atoms with Gasteiger partial charge in [-0.3, -0.25) is 4.79 Å². The summed E-state index contributed by atoms with van der Waals surface area (Å²) in [7, 11) is 0. The Morgan fingerprint density at radius 1 is 1.14 bits per heavy atom. The minimum absolute atomic E-state index is 0.178. The third-order valence-corrected chi connectivity index (χ3v) is 7.64. The van der Waals surface area contributed by atoms with E-state index in [4.69, 9.17) is 9.72 Å². The number of nitrogens with one attached hydrogen (secondary N) is 1. The van der Waals surface area contributed by atoms with E-state index in [0.717, 1.165) is 44.6 Å². The first-order valence-electron chi connectivity index (χ1n) is 10.9. The second kappa shape index (κ2) is 9.44. The fourth-order valence-electron chi connectivity index (χ4n) is 4.03. The van der Waals surface area contributed by atoms with Crippen LogP contribution in [0.5, 0.6) is 0 Å². The molecule has 4 aromatic rings. The van der Waals surface area contributed by atoms with Crippen molar-refractivity contribution in [1.29, 1.82) is 5.26 Å². The van der Waals surface area contributed by atoms with E-state index in [9.17, 15) is 14.9 Å². The van der Waals surface area contributed by atoms with E-state index < -0.39 is 5.97 Å². The molecule has 0 saturated heterocycles. The van der Waals surface area contributed by atoms with Crippen LogP contribution in [0, 0.1) is 18.3 Å². The average molecular weight is 502 g/mol. The van der Waals surface area contributed by atoms with E-state index in [2.05, 4.69) is 33.7 Å². The number of nitrogens with zero attached hydrogens (tertiary/aromatic N) is 4. The first kappa shape index (κ1) is 23.0. The van der Waals surface area contributed by atoms with Crippen molar-refractivity contribution >= 4 is 50.7 Å². The lowest BCUT2D eigenvalue weighted by atomic mass is 10.0. The van der Waals surface area contributed by atoms with E-state index in [-0.39, 0.29) is 24.5 Å². The van der Waals surface area contributed by atoms with Gasteiger partial charge in [0.2, 0.25) is 11.1 Å². The van der Waals surface area contributed by atoms with Crippen LogP contribution in [-0.4, -0.2) is 39.4 Å². The van der Waals surface area contributed by atoms with Gasteiger partial charge in [0.25, 0.3) is 0 Å². The maximum atomic E-state index is 12.5.